The number of rotatable bonds is 7. The molecule has 41 heavy (non-hydrogen) atoms. The number of amides is 1. The van der Waals surface area contributed by atoms with Gasteiger partial charge in [0.15, 0.2) is 5.82 Å². The highest BCUT2D eigenvalue weighted by molar-refractivity contribution is 5.94. The molecule has 2 aliphatic rings. The Morgan fingerprint density at radius 2 is 1.85 bits per heavy atom. The fourth-order valence-corrected chi connectivity index (χ4v) is 5.68. The Morgan fingerprint density at radius 1 is 1.17 bits per heavy atom. The van der Waals surface area contributed by atoms with Crippen molar-refractivity contribution in [2.75, 3.05) is 42.5 Å². The van der Waals surface area contributed by atoms with Crippen molar-refractivity contribution in [2.45, 2.75) is 64.0 Å². The summed E-state index contributed by atoms with van der Waals surface area (Å²) in [4.78, 5) is 32.8. The Bertz CT molecular complexity index is 1350. The van der Waals surface area contributed by atoms with E-state index in [1.807, 2.05) is 30.6 Å². The van der Waals surface area contributed by atoms with Gasteiger partial charge in [0.2, 0.25) is 5.95 Å². The molecule has 2 saturated heterocycles. The van der Waals surface area contributed by atoms with E-state index in [1.165, 1.54) is 18.5 Å². The maximum atomic E-state index is 14.4. The first-order valence-corrected chi connectivity index (χ1v) is 13.8. The van der Waals surface area contributed by atoms with Gasteiger partial charge < -0.3 is 25.0 Å². The minimum Gasteiger partial charge on any atom is -0.339 e. The van der Waals surface area contributed by atoms with E-state index < -0.39 is 23.6 Å². The standard InChI is InChI=1S/C28H36F2N8O2.ClH/c1-5-38(28(4)8-10-36(11-9-28)27-34-24(17(2)3)35-40-27)25(39)18-13-32-26(33-14-18)37-15-21(23(31)16-37)20-12-19(29)6-7-22(20)30;/h6-7,12-14,17,21,23H,5,8-11,15-16,31H2,1-4H3;1H/t21-,23+;/m1./s1. The molecule has 2 N–H and O–H groups in total. The van der Waals surface area contributed by atoms with Crippen LogP contribution in [0.25, 0.3) is 0 Å². The maximum absolute atomic E-state index is 14.4. The lowest BCUT2D eigenvalue weighted by Crippen LogP contribution is -2.55. The van der Waals surface area contributed by atoms with Crippen LogP contribution >= 0.6 is 12.4 Å². The Kier molecular flexibility index (Phi) is 9.13. The van der Waals surface area contributed by atoms with E-state index in [9.17, 15) is 13.6 Å². The Balaban J connectivity index is 0.00000387. The second-order valence-corrected chi connectivity index (χ2v) is 11.2. The number of aromatic nitrogens is 4. The minimum absolute atomic E-state index is 0. The molecule has 3 aromatic rings. The first kappa shape index (κ1) is 30.6. The molecule has 0 spiro atoms. The van der Waals surface area contributed by atoms with Crippen molar-refractivity contribution in [2.24, 2.45) is 5.73 Å². The number of hydrogen-bond acceptors (Lipinski definition) is 9. The first-order valence-electron chi connectivity index (χ1n) is 13.8. The van der Waals surface area contributed by atoms with Crippen molar-refractivity contribution in [1.29, 1.82) is 0 Å². The summed E-state index contributed by atoms with van der Waals surface area (Å²) < 4.78 is 33.6. The van der Waals surface area contributed by atoms with E-state index in [0.29, 0.717) is 56.1 Å². The summed E-state index contributed by atoms with van der Waals surface area (Å²) >= 11 is 0. The van der Waals surface area contributed by atoms with Crippen LogP contribution in [0.1, 0.15) is 74.1 Å². The van der Waals surface area contributed by atoms with E-state index >= 15 is 0 Å². The van der Waals surface area contributed by atoms with Crippen LogP contribution in [-0.4, -0.2) is 75.2 Å². The third kappa shape index (κ3) is 6.13. The lowest BCUT2D eigenvalue weighted by molar-refractivity contribution is 0.0456. The van der Waals surface area contributed by atoms with Crippen molar-refractivity contribution in [3.05, 3.63) is 59.2 Å². The van der Waals surface area contributed by atoms with E-state index in [0.717, 1.165) is 25.0 Å². The molecule has 10 nitrogen and oxygen atoms in total. The zero-order valence-electron chi connectivity index (χ0n) is 23.8. The summed E-state index contributed by atoms with van der Waals surface area (Å²) in [5.41, 5.74) is 6.57. The van der Waals surface area contributed by atoms with Crippen LogP contribution in [0.2, 0.25) is 0 Å². The number of piperidine rings is 1. The van der Waals surface area contributed by atoms with Gasteiger partial charge in [-0.25, -0.2) is 18.7 Å². The summed E-state index contributed by atoms with van der Waals surface area (Å²) in [6.07, 6.45) is 4.54. The van der Waals surface area contributed by atoms with Crippen LogP contribution < -0.4 is 15.5 Å². The van der Waals surface area contributed by atoms with Gasteiger partial charge in [0, 0.05) is 68.5 Å². The Hall–Kier alpha value is -3.38. The number of halogens is 3. The highest BCUT2D eigenvalue weighted by atomic mass is 35.5. The molecule has 0 unspecified atom stereocenters. The highest BCUT2D eigenvalue weighted by Gasteiger charge is 2.39. The van der Waals surface area contributed by atoms with Gasteiger partial charge in [-0.3, -0.25) is 4.79 Å². The fourth-order valence-electron chi connectivity index (χ4n) is 5.68. The van der Waals surface area contributed by atoms with Crippen molar-refractivity contribution >= 4 is 30.3 Å². The van der Waals surface area contributed by atoms with Crippen LogP contribution in [0, 0.1) is 11.6 Å². The molecule has 5 rings (SSSR count). The number of hydrogen-bond donors (Lipinski definition) is 1. The number of benzene rings is 1. The van der Waals surface area contributed by atoms with Gasteiger partial charge in [-0.05, 0) is 50.5 Å². The number of carbonyl (C=O) groups excluding carboxylic acids is 1. The third-order valence-electron chi connectivity index (χ3n) is 8.16. The van der Waals surface area contributed by atoms with E-state index in [-0.39, 0.29) is 35.3 Å². The minimum atomic E-state index is -0.504. The fraction of sp³-hybridized carbons (Fsp3) is 0.536. The molecule has 0 aliphatic carbocycles. The van der Waals surface area contributed by atoms with Gasteiger partial charge in [0.05, 0.1) is 5.56 Å². The molecule has 4 heterocycles. The monoisotopic (exact) mass is 590 g/mol. The van der Waals surface area contributed by atoms with Crippen molar-refractivity contribution < 1.29 is 18.1 Å². The Morgan fingerprint density at radius 3 is 2.46 bits per heavy atom. The summed E-state index contributed by atoms with van der Waals surface area (Å²) in [5.74, 6) is -0.250. The molecule has 2 aromatic heterocycles. The van der Waals surface area contributed by atoms with E-state index in [1.54, 1.807) is 0 Å². The number of carbonyl (C=O) groups is 1. The summed E-state index contributed by atoms with van der Waals surface area (Å²) in [6.45, 7) is 10.8. The van der Waals surface area contributed by atoms with E-state index in [4.69, 9.17) is 10.3 Å². The number of anilines is 2. The molecule has 0 radical (unpaired) electrons. The average molecular weight is 591 g/mol. The lowest BCUT2D eigenvalue weighted by Gasteiger charge is -2.46. The second-order valence-electron chi connectivity index (χ2n) is 11.2. The van der Waals surface area contributed by atoms with Gasteiger partial charge in [0.25, 0.3) is 5.91 Å². The molecule has 1 aromatic carbocycles. The highest BCUT2D eigenvalue weighted by Crippen LogP contribution is 2.33. The largest absolute Gasteiger partial charge is 0.339 e. The topological polar surface area (TPSA) is 118 Å². The zero-order chi connectivity index (χ0) is 28.6. The quantitative estimate of drug-likeness (QED) is 0.433. The summed E-state index contributed by atoms with van der Waals surface area (Å²) in [7, 11) is 0. The van der Waals surface area contributed by atoms with Crippen LogP contribution in [0.5, 0.6) is 0 Å². The molecular formula is C28H37ClF2N8O2. The number of nitrogens with two attached hydrogens (primary N) is 1. The number of nitrogens with zero attached hydrogens (tertiary/aromatic N) is 7. The van der Waals surface area contributed by atoms with Gasteiger partial charge in [0.1, 0.15) is 11.6 Å². The van der Waals surface area contributed by atoms with Crippen LogP contribution in [-0.2, 0) is 0 Å². The molecule has 222 valence electrons. The summed E-state index contributed by atoms with van der Waals surface area (Å²) in [6, 6.07) is 3.52. The van der Waals surface area contributed by atoms with Crippen LogP contribution in [0.15, 0.2) is 35.1 Å². The predicted molar refractivity (Wildman–Crippen MR) is 154 cm³/mol. The molecule has 0 bridgehead atoms. The molecule has 0 saturated carbocycles. The molecule has 2 fully saturated rings. The Labute approximate surface area is 244 Å². The van der Waals surface area contributed by atoms with Crippen molar-refractivity contribution in [3.63, 3.8) is 0 Å². The SMILES string of the molecule is CCN(C(=O)c1cnc(N2C[C@H](c3cc(F)ccc3F)[C@@H](N)C2)nc1)C1(C)CCN(c2nc(C(C)C)no2)CC1.Cl. The van der Waals surface area contributed by atoms with Crippen molar-refractivity contribution in [3.8, 4) is 0 Å². The van der Waals surface area contributed by atoms with Crippen LogP contribution in [0.3, 0.4) is 0 Å². The molecule has 1 amide bonds. The first-order chi connectivity index (χ1) is 19.1. The van der Waals surface area contributed by atoms with Crippen LogP contribution in [0.4, 0.5) is 20.7 Å². The normalized spacial score (nSPS) is 20.3. The van der Waals surface area contributed by atoms with Gasteiger partial charge >= 0.3 is 6.01 Å². The molecule has 2 atom stereocenters. The molecule has 2 aliphatic heterocycles. The zero-order valence-corrected chi connectivity index (χ0v) is 24.6. The maximum Gasteiger partial charge on any atom is 0.324 e. The average Bonchev–Trinajstić information content (AvgIpc) is 3.58. The lowest BCUT2D eigenvalue weighted by atomic mass is 9.87. The summed E-state index contributed by atoms with van der Waals surface area (Å²) in [5, 5.41) is 4.06. The predicted octanol–water partition coefficient (Wildman–Crippen LogP) is 4.14. The van der Waals surface area contributed by atoms with Gasteiger partial charge in [-0.15, -0.1) is 12.4 Å². The molecular weight excluding hydrogens is 554 g/mol. The van der Waals surface area contributed by atoms with Gasteiger partial charge in [-0.2, -0.15) is 4.98 Å². The smallest absolute Gasteiger partial charge is 0.324 e. The third-order valence-corrected chi connectivity index (χ3v) is 8.16. The second kappa shape index (κ2) is 12.2. The van der Waals surface area contributed by atoms with Gasteiger partial charge in [-0.1, -0.05) is 19.0 Å². The van der Waals surface area contributed by atoms with E-state index in [2.05, 4.69) is 31.9 Å². The molecule has 13 heteroatoms. The van der Waals surface area contributed by atoms with Crippen molar-refractivity contribution in [1.82, 2.24) is 25.0 Å².